The van der Waals surface area contributed by atoms with E-state index < -0.39 is 0 Å². The highest BCUT2D eigenvalue weighted by Gasteiger charge is 2.29. The Kier molecular flexibility index (Phi) is 4.51. The molecule has 2 rings (SSSR count). The number of hydrogen-bond acceptors (Lipinski definition) is 6. The van der Waals surface area contributed by atoms with Gasteiger partial charge in [0.25, 0.3) is 5.69 Å². The zero-order valence-corrected chi connectivity index (χ0v) is 11.8. The molecule has 0 bridgehead atoms. The number of aryl methyl sites for hydroxylation is 1. The predicted octanol–water partition coefficient (Wildman–Crippen LogP) is 1.24. The van der Waals surface area contributed by atoms with Gasteiger partial charge in [-0.15, -0.1) is 0 Å². The lowest BCUT2D eigenvalue weighted by Crippen LogP contribution is -2.49. The number of nitrogens with two attached hydrogens (primary N) is 1. The van der Waals surface area contributed by atoms with E-state index in [0.29, 0.717) is 17.9 Å². The molecule has 1 fully saturated rings. The van der Waals surface area contributed by atoms with Gasteiger partial charge in [-0.05, 0) is 19.8 Å². The van der Waals surface area contributed by atoms with Crippen LogP contribution in [0.15, 0.2) is 12.3 Å². The molecule has 2 heterocycles. The lowest BCUT2D eigenvalue weighted by atomic mass is 9.99. The van der Waals surface area contributed by atoms with Crippen molar-refractivity contribution in [1.82, 2.24) is 4.98 Å². The van der Waals surface area contributed by atoms with Gasteiger partial charge in [0, 0.05) is 38.0 Å². The third-order valence-corrected chi connectivity index (χ3v) is 3.82. The number of nitro groups is 1. The van der Waals surface area contributed by atoms with Crippen molar-refractivity contribution in [2.75, 3.05) is 25.1 Å². The van der Waals surface area contributed by atoms with Crippen LogP contribution in [0.5, 0.6) is 0 Å². The molecule has 1 aromatic rings. The molecule has 2 atom stereocenters. The summed E-state index contributed by atoms with van der Waals surface area (Å²) in [4.78, 5) is 17.0. The summed E-state index contributed by atoms with van der Waals surface area (Å²) < 4.78 is 5.38. The number of hydrogen-bond donors (Lipinski definition) is 1. The minimum atomic E-state index is -0.375. The summed E-state index contributed by atoms with van der Waals surface area (Å²) in [6.45, 7) is 2.91. The first-order valence-corrected chi connectivity index (χ1v) is 6.67. The minimum absolute atomic E-state index is 0.0969. The molecule has 110 valence electrons. The first-order chi connectivity index (χ1) is 9.56. The van der Waals surface area contributed by atoms with E-state index in [1.54, 1.807) is 20.2 Å². The zero-order valence-electron chi connectivity index (χ0n) is 11.8. The number of methoxy groups -OCH3 is 1. The van der Waals surface area contributed by atoms with Crippen molar-refractivity contribution in [3.8, 4) is 0 Å². The molecular weight excluding hydrogens is 260 g/mol. The second-order valence-corrected chi connectivity index (χ2v) is 5.05. The molecule has 0 spiro atoms. The van der Waals surface area contributed by atoms with Crippen LogP contribution in [0.4, 0.5) is 11.5 Å². The van der Waals surface area contributed by atoms with Crippen molar-refractivity contribution >= 4 is 11.5 Å². The van der Waals surface area contributed by atoms with E-state index >= 15 is 0 Å². The molecule has 7 heteroatoms. The highest BCUT2D eigenvalue weighted by atomic mass is 16.6. The largest absolute Gasteiger partial charge is 0.381 e. The third kappa shape index (κ3) is 2.88. The monoisotopic (exact) mass is 280 g/mol. The molecule has 1 aliphatic heterocycles. The van der Waals surface area contributed by atoms with Crippen LogP contribution in [0.25, 0.3) is 0 Å². The van der Waals surface area contributed by atoms with Gasteiger partial charge in [0.2, 0.25) is 0 Å². The summed E-state index contributed by atoms with van der Waals surface area (Å²) >= 11 is 0. The fraction of sp³-hybridized carbons (Fsp3) is 0.615. The Morgan fingerprint density at radius 2 is 2.40 bits per heavy atom. The van der Waals surface area contributed by atoms with Crippen LogP contribution >= 0.6 is 0 Å². The van der Waals surface area contributed by atoms with Crippen molar-refractivity contribution in [2.24, 2.45) is 5.73 Å². The van der Waals surface area contributed by atoms with Gasteiger partial charge in [0.15, 0.2) is 0 Å². The molecule has 1 aromatic heterocycles. The van der Waals surface area contributed by atoms with Crippen molar-refractivity contribution in [2.45, 2.75) is 31.9 Å². The Morgan fingerprint density at radius 3 is 3.00 bits per heavy atom. The molecular formula is C13H20N4O3. The molecule has 0 aliphatic carbocycles. The number of pyridine rings is 1. The maximum atomic E-state index is 11.0. The van der Waals surface area contributed by atoms with Gasteiger partial charge < -0.3 is 15.4 Å². The average molecular weight is 280 g/mol. The molecule has 7 nitrogen and oxygen atoms in total. The van der Waals surface area contributed by atoms with Gasteiger partial charge in [-0.3, -0.25) is 10.1 Å². The van der Waals surface area contributed by atoms with E-state index in [2.05, 4.69) is 4.98 Å². The van der Waals surface area contributed by atoms with Crippen LogP contribution in [-0.4, -0.2) is 42.3 Å². The molecule has 0 radical (unpaired) electrons. The number of nitrogens with zero attached hydrogens (tertiary/aromatic N) is 3. The van der Waals surface area contributed by atoms with Gasteiger partial charge in [0.1, 0.15) is 5.82 Å². The smallest absolute Gasteiger partial charge is 0.277 e. The summed E-state index contributed by atoms with van der Waals surface area (Å²) in [5, 5.41) is 11.0. The van der Waals surface area contributed by atoms with Crippen LogP contribution in [0.2, 0.25) is 0 Å². The lowest BCUT2D eigenvalue weighted by molar-refractivity contribution is -0.385. The molecule has 1 saturated heterocycles. The van der Waals surface area contributed by atoms with Crippen LogP contribution in [-0.2, 0) is 4.74 Å². The molecule has 0 amide bonds. The summed E-state index contributed by atoms with van der Waals surface area (Å²) in [5.41, 5.74) is 6.48. The van der Waals surface area contributed by atoms with Crippen LogP contribution in [0.1, 0.15) is 18.4 Å². The van der Waals surface area contributed by atoms with E-state index in [1.807, 2.05) is 4.90 Å². The second kappa shape index (κ2) is 6.15. The third-order valence-electron chi connectivity index (χ3n) is 3.82. The highest BCUT2D eigenvalue weighted by molar-refractivity contribution is 5.51. The SMILES string of the molecule is COC1CCN(c2cc([N+](=O)[O-])c(C)cn2)C(CN)C1. The van der Waals surface area contributed by atoms with Crippen LogP contribution in [0, 0.1) is 17.0 Å². The topological polar surface area (TPSA) is 94.5 Å². The van der Waals surface area contributed by atoms with Gasteiger partial charge in [-0.1, -0.05) is 0 Å². The van der Waals surface area contributed by atoms with E-state index in [0.717, 1.165) is 19.4 Å². The molecule has 0 saturated carbocycles. The number of aromatic nitrogens is 1. The highest BCUT2D eigenvalue weighted by Crippen LogP contribution is 2.28. The van der Waals surface area contributed by atoms with Crippen LogP contribution < -0.4 is 10.6 Å². The number of rotatable bonds is 4. The summed E-state index contributed by atoms with van der Waals surface area (Å²) in [7, 11) is 1.70. The van der Waals surface area contributed by atoms with Gasteiger partial charge in [-0.2, -0.15) is 0 Å². The normalized spacial score (nSPS) is 22.9. The van der Waals surface area contributed by atoms with E-state index in [4.69, 9.17) is 10.5 Å². The lowest BCUT2D eigenvalue weighted by Gasteiger charge is -2.39. The van der Waals surface area contributed by atoms with Crippen molar-refractivity contribution in [3.05, 3.63) is 27.9 Å². The van der Waals surface area contributed by atoms with Gasteiger partial charge >= 0.3 is 0 Å². The Balaban J connectivity index is 2.26. The number of piperidine rings is 1. The Morgan fingerprint density at radius 1 is 1.65 bits per heavy atom. The summed E-state index contributed by atoms with van der Waals surface area (Å²) in [6.07, 6.45) is 3.43. The Labute approximate surface area is 117 Å². The number of ether oxygens (including phenoxy) is 1. The maximum Gasteiger partial charge on any atom is 0.277 e. The molecule has 2 unspecified atom stereocenters. The maximum absolute atomic E-state index is 11.0. The first kappa shape index (κ1) is 14.7. The van der Waals surface area contributed by atoms with Gasteiger partial charge in [-0.25, -0.2) is 4.98 Å². The van der Waals surface area contributed by atoms with Crippen molar-refractivity contribution in [1.29, 1.82) is 0 Å². The standard InChI is InChI=1S/C13H20N4O3/c1-9-8-15-13(6-12(9)17(18)19)16-4-3-11(20-2)5-10(16)7-14/h6,8,10-11H,3-5,7,14H2,1-2H3. The van der Waals surface area contributed by atoms with Gasteiger partial charge in [0.05, 0.1) is 17.1 Å². The second-order valence-electron chi connectivity index (χ2n) is 5.05. The minimum Gasteiger partial charge on any atom is -0.381 e. The van der Waals surface area contributed by atoms with E-state index in [1.165, 1.54) is 6.07 Å². The fourth-order valence-corrected chi connectivity index (χ4v) is 2.61. The van der Waals surface area contributed by atoms with Crippen molar-refractivity contribution < 1.29 is 9.66 Å². The quantitative estimate of drug-likeness (QED) is 0.658. The number of anilines is 1. The predicted molar refractivity (Wildman–Crippen MR) is 75.8 cm³/mol. The molecule has 1 aliphatic rings. The molecule has 0 aromatic carbocycles. The Hall–Kier alpha value is -1.73. The summed E-state index contributed by atoms with van der Waals surface area (Å²) in [5.74, 6) is 0.618. The Bertz CT molecular complexity index is 495. The molecule has 20 heavy (non-hydrogen) atoms. The summed E-state index contributed by atoms with van der Waals surface area (Å²) in [6, 6.07) is 1.63. The van der Waals surface area contributed by atoms with E-state index in [-0.39, 0.29) is 22.8 Å². The van der Waals surface area contributed by atoms with E-state index in [9.17, 15) is 10.1 Å². The zero-order chi connectivity index (χ0) is 14.7. The average Bonchev–Trinajstić information content (AvgIpc) is 2.46. The first-order valence-electron chi connectivity index (χ1n) is 6.67. The van der Waals surface area contributed by atoms with Crippen LogP contribution in [0.3, 0.4) is 0 Å². The van der Waals surface area contributed by atoms with Crippen molar-refractivity contribution in [3.63, 3.8) is 0 Å². The fourth-order valence-electron chi connectivity index (χ4n) is 2.61. The molecule has 2 N–H and O–H groups in total.